The van der Waals surface area contributed by atoms with Gasteiger partial charge in [0.1, 0.15) is 0 Å². The second-order valence-corrected chi connectivity index (χ2v) is 9.49. The number of hydrogen-bond donors (Lipinski definition) is 0. The highest BCUT2D eigenvalue weighted by Gasteiger charge is 2.25. The minimum absolute atomic E-state index is 0.00427. The second-order valence-electron chi connectivity index (χ2n) is 7.48. The molecule has 2 aromatic rings. The molecule has 1 atom stereocenters. The normalized spacial score (nSPS) is 16.3. The summed E-state index contributed by atoms with van der Waals surface area (Å²) in [6.45, 7) is 6.48. The highest BCUT2D eigenvalue weighted by molar-refractivity contribution is 7.90. The van der Waals surface area contributed by atoms with E-state index in [9.17, 15) is 13.2 Å². The fourth-order valence-corrected chi connectivity index (χ4v) is 4.10. The first-order chi connectivity index (χ1) is 13.8. The Bertz CT molecular complexity index is 908. The van der Waals surface area contributed by atoms with Crippen molar-refractivity contribution in [2.24, 2.45) is 0 Å². The van der Waals surface area contributed by atoms with Gasteiger partial charge in [-0.05, 0) is 36.8 Å². The highest BCUT2D eigenvalue weighted by Crippen LogP contribution is 2.17. The molecule has 156 valence electrons. The topological polar surface area (TPSA) is 66.9 Å². The summed E-state index contributed by atoms with van der Waals surface area (Å²) < 4.78 is 28.8. The van der Waals surface area contributed by atoms with Crippen LogP contribution in [0.15, 0.2) is 59.5 Å². The third kappa shape index (κ3) is 5.88. The van der Waals surface area contributed by atoms with E-state index in [0.717, 1.165) is 31.5 Å². The lowest BCUT2D eigenvalue weighted by atomic mass is 10.1. The summed E-state index contributed by atoms with van der Waals surface area (Å²) in [5.74, 6) is -0.102. The number of hydrogen-bond acceptors (Lipinski definition) is 5. The number of carbonyl (C=O) groups is 1. The molecule has 0 radical (unpaired) electrons. The van der Waals surface area contributed by atoms with E-state index in [2.05, 4.69) is 11.8 Å². The molecular formula is C22H28N2O4S. The van der Waals surface area contributed by atoms with Crippen LogP contribution in [-0.2, 0) is 21.1 Å². The molecule has 29 heavy (non-hydrogen) atoms. The van der Waals surface area contributed by atoms with Crippen LogP contribution in [0.4, 0.5) is 0 Å². The second kappa shape index (κ2) is 9.52. The summed E-state index contributed by atoms with van der Waals surface area (Å²) in [7, 11) is -3.29. The minimum Gasteiger partial charge on any atom is -0.379 e. The molecule has 1 saturated heterocycles. The van der Waals surface area contributed by atoms with Crippen LogP contribution in [0.2, 0.25) is 0 Å². The number of ether oxygens (including phenoxy) is 1. The Balaban J connectivity index is 1.81. The number of benzene rings is 2. The van der Waals surface area contributed by atoms with Gasteiger partial charge in [0.05, 0.1) is 18.1 Å². The van der Waals surface area contributed by atoms with E-state index < -0.39 is 9.84 Å². The maximum Gasteiger partial charge on any atom is 0.254 e. The number of rotatable bonds is 7. The maximum atomic E-state index is 13.3. The Kier molecular flexibility index (Phi) is 7.05. The van der Waals surface area contributed by atoms with Gasteiger partial charge in [-0.1, -0.05) is 30.3 Å². The molecule has 1 fully saturated rings. The van der Waals surface area contributed by atoms with E-state index in [4.69, 9.17) is 4.74 Å². The van der Waals surface area contributed by atoms with Gasteiger partial charge in [0.15, 0.2) is 9.84 Å². The first kappa shape index (κ1) is 21.5. The molecule has 0 aromatic heterocycles. The molecule has 1 aliphatic heterocycles. The third-order valence-corrected chi connectivity index (χ3v) is 6.27. The van der Waals surface area contributed by atoms with Gasteiger partial charge in [0.2, 0.25) is 0 Å². The Hall–Kier alpha value is -2.22. The Morgan fingerprint density at radius 2 is 1.69 bits per heavy atom. The van der Waals surface area contributed by atoms with Crippen molar-refractivity contribution in [2.75, 3.05) is 39.1 Å². The predicted molar refractivity (Wildman–Crippen MR) is 113 cm³/mol. The SMILES string of the molecule is CC(CN1CCOCC1)N(Cc1ccccc1)C(=O)c1ccc(S(C)(=O)=O)cc1. The van der Waals surface area contributed by atoms with Gasteiger partial charge in [-0.2, -0.15) is 0 Å². The van der Waals surface area contributed by atoms with Crippen LogP contribution in [-0.4, -0.2) is 69.3 Å². The van der Waals surface area contributed by atoms with Crippen molar-refractivity contribution in [1.82, 2.24) is 9.80 Å². The molecule has 2 aromatic carbocycles. The quantitative estimate of drug-likeness (QED) is 0.694. The number of sulfone groups is 1. The molecule has 1 amide bonds. The van der Waals surface area contributed by atoms with Crippen LogP contribution >= 0.6 is 0 Å². The van der Waals surface area contributed by atoms with Gasteiger partial charge in [0, 0.05) is 44.0 Å². The third-order valence-electron chi connectivity index (χ3n) is 5.14. The van der Waals surface area contributed by atoms with E-state index in [1.54, 1.807) is 12.1 Å². The van der Waals surface area contributed by atoms with Gasteiger partial charge < -0.3 is 9.64 Å². The molecule has 1 aliphatic rings. The monoisotopic (exact) mass is 416 g/mol. The highest BCUT2D eigenvalue weighted by atomic mass is 32.2. The molecule has 0 bridgehead atoms. The van der Waals surface area contributed by atoms with Crippen LogP contribution < -0.4 is 0 Å². The van der Waals surface area contributed by atoms with E-state index >= 15 is 0 Å². The van der Waals surface area contributed by atoms with Gasteiger partial charge in [0.25, 0.3) is 5.91 Å². The zero-order valence-electron chi connectivity index (χ0n) is 17.0. The predicted octanol–water partition coefficient (Wildman–Crippen LogP) is 2.45. The fraction of sp³-hybridized carbons (Fsp3) is 0.409. The summed E-state index contributed by atoms with van der Waals surface area (Å²) in [6.07, 6.45) is 1.16. The average molecular weight is 417 g/mol. The van der Waals surface area contributed by atoms with Gasteiger partial charge in [-0.25, -0.2) is 8.42 Å². The van der Waals surface area contributed by atoms with Crippen LogP contribution in [0.25, 0.3) is 0 Å². The van der Waals surface area contributed by atoms with Gasteiger partial charge in [-0.15, -0.1) is 0 Å². The average Bonchev–Trinajstić information content (AvgIpc) is 2.72. The van der Waals surface area contributed by atoms with Crippen molar-refractivity contribution in [3.05, 3.63) is 65.7 Å². The number of carbonyl (C=O) groups excluding carboxylic acids is 1. The van der Waals surface area contributed by atoms with E-state index in [0.29, 0.717) is 25.3 Å². The van der Waals surface area contributed by atoms with Crippen molar-refractivity contribution < 1.29 is 17.9 Å². The zero-order chi connectivity index (χ0) is 20.9. The molecule has 0 N–H and O–H groups in total. The molecule has 0 spiro atoms. The van der Waals surface area contributed by atoms with Crippen LogP contribution in [0.5, 0.6) is 0 Å². The van der Waals surface area contributed by atoms with Crippen molar-refractivity contribution in [3.63, 3.8) is 0 Å². The Labute approximate surface area is 173 Å². The Morgan fingerprint density at radius 1 is 1.07 bits per heavy atom. The largest absolute Gasteiger partial charge is 0.379 e. The molecule has 7 heteroatoms. The van der Waals surface area contributed by atoms with Crippen molar-refractivity contribution in [2.45, 2.75) is 24.4 Å². The van der Waals surface area contributed by atoms with Crippen LogP contribution in [0.1, 0.15) is 22.8 Å². The fourth-order valence-electron chi connectivity index (χ4n) is 3.47. The lowest BCUT2D eigenvalue weighted by molar-refractivity contribution is 0.0228. The summed E-state index contributed by atoms with van der Waals surface area (Å²) in [6, 6.07) is 16.1. The summed E-state index contributed by atoms with van der Waals surface area (Å²) in [5.41, 5.74) is 1.55. The molecule has 6 nitrogen and oxygen atoms in total. The molecule has 0 aliphatic carbocycles. The summed E-state index contributed by atoms with van der Waals surface area (Å²) in [5, 5.41) is 0. The number of amides is 1. The first-order valence-electron chi connectivity index (χ1n) is 9.80. The van der Waals surface area contributed by atoms with Gasteiger partial charge in [-0.3, -0.25) is 9.69 Å². The minimum atomic E-state index is -3.29. The summed E-state index contributed by atoms with van der Waals surface area (Å²) >= 11 is 0. The van der Waals surface area contributed by atoms with E-state index in [-0.39, 0.29) is 16.8 Å². The molecule has 1 heterocycles. The molecule has 0 saturated carbocycles. The molecule has 1 unspecified atom stereocenters. The Morgan fingerprint density at radius 3 is 2.28 bits per heavy atom. The number of nitrogens with zero attached hydrogens (tertiary/aromatic N) is 2. The van der Waals surface area contributed by atoms with Crippen LogP contribution in [0, 0.1) is 0 Å². The lowest BCUT2D eigenvalue weighted by Gasteiger charge is -2.35. The van der Waals surface area contributed by atoms with E-state index in [1.165, 1.54) is 12.1 Å². The van der Waals surface area contributed by atoms with Crippen molar-refractivity contribution >= 4 is 15.7 Å². The lowest BCUT2D eigenvalue weighted by Crippen LogP contribution is -2.48. The van der Waals surface area contributed by atoms with Crippen molar-refractivity contribution in [3.8, 4) is 0 Å². The first-order valence-corrected chi connectivity index (χ1v) is 11.7. The van der Waals surface area contributed by atoms with Crippen molar-refractivity contribution in [1.29, 1.82) is 0 Å². The number of morpholine rings is 1. The standard InChI is InChI=1S/C22H28N2O4S/c1-18(16-23-12-14-28-15-13-23)24(17-19-6-4-3-5-7-19)22(25)20-8-10-21(11-9-20)29(2,26)27/h3-11,18H,12-17H2,1-2H3. The zero-order valence-corrected chi connectivity index (χ0v) is 17.8. The molecular weight excluding hydrogens is 388 g/mol. The maximum absolute atomic E-state index is 13.3. The van der Waals surface area contributed by atoms with Crippen LogP contribution in [0.3, 0.4) is 0 Å². The molecule has 3 rings (SSSR count). The summed E-state index contributed by atoms with van der Waals surface area (Å²) in [4.78, 5) is 17.7. The smallest absolute Gasteiger partial charge is 0.254 e. The van der Waals surface area contributed by atoms with Gasteiger partial charge >= 0.3 is 0 Å². The van der Waals surface area contributed by atoms with E-state index in [1.807, 2.05) is 35.2 Å².